The van der Waals surface area contributed by atoms with E-state index in [1.807, 2.05) is 25.7 Å². The van der Waals surface area contributed by atoms with Crippen LogP contribution in [0.4, 0.5) is 9.18 Å². The summed E-state index contributed by atoms with van der Waals surface area (Å²) in [5.41, 5.74) is 0.200. The van der Waals surface area contributed by atoms with E-state index in [0.717, 1.165) is 37.4 Å². The van der Waals surface area contributed by atoms with Gasteiger partial charge in [0.05, 0.1) is 25.9 Å². The van der Waals surface area contributed by atoms with E-state index < -0.39 is 17.3 Å². The Labute approximate surface area is 189 Å². The van der Waals surface area contributed by atoms with Crippen molar-refractivity contribution in [1.29, 1.82) is 0 Å². The van der Waals surface area contributed by atoms with E-state index in [0.29, 0.717) is 36.5 Å². The number of hydroxylamine groups is 2. The van der Waals surface area contributed by atoms with Gasteiger partial charge in [-0.1, -0.05) is 6.07 Å². The average Bonchev–Trinajstić information content (AvgIpc) is 3.51. The maximum atomic E-state index is 14.3. The monoisotopic (exact) mass is 450 g/mol. The lowest BCUT2D eigenvalue weighted by atomic mass is 9.91. The summed E-state index contributed by atoms with van der Waals surface area (Å²) in [5.74, 6) is 0.658. The van der Waals surface area contributed by atoms with Crippen LogP contribution in [0, 0.1) is 23.6 Å². The van der Waals surface area contributed by atoms with Crippen LogP contribution in [0.25, 0.3) is 0 Å². The number of rotatable bonds is 7. The summed E-state index contributed by atoms with van der Waals surface area (Å²) < 4.78 is 25.6. The molecule has 0 bridgehead atoms. The summed E-state index contributed by atoms with van der Waals surface area (Å²) >= 11 is 0. The summed E-state index contributed by atoms with van der Waals surface area (Å²) in [4.78, 5) is 30.9. The first-order valence-corrected chi connectivity index (χ1v) is 11.3. The van der Waals surface area contributed by atoms with Crippen LogP contribution in [0.3, 0.4) is 0 Å². The number of likely N-dealkylation sites (tertiary alicyclic amines) is 1. The van der Waals surface area contributed by atoms with Crippen LogP contribution in [0.5, 0.6) is 0 Å². The van der Waals surface area contributed by atoms with Crippen molar-refractivity contribution in [2.75, 3.05) is 33.9 Å². The molecule has 1 unspecified atom stereocenters. The number of nitrogens with zero attached hydrogens (tertiary/aromatic N) is 2. The van der Waals surface area contributed by atoms with E-state index in [2.05, 4.69) is 0 Å². The molecule has 1 heterocycles. The Bertz CT molecular complexity index is 817. The standard InChI is InChI=1S/C24H35FN2O5/c1-24(2,3)32-23(29)27-10-8-17(9-11-27)20-13-18(20)15-31-14-16-6-7-19(21(25)12-16)22(28)26(4)30-5/h6-7,12,17-18,20H,8-11,13-15H2,1-5H3/t18-,20?/m0/s1. The molecule has 178 valence electrons. The van der Waals surface area contributed by atoms with Gasteiger partial charge in [-0.05, 0) is 75.5 Å². The second kappa shape index (κ2) is 10.2. The number of benzene rings is 1. The number of carbonyl (C=O) groups excluding carboxylic acids is 2. The minimum absolute atomic E-state index is 0.0296. The van der Waals surface area contributed by atoms with Crippen LogP contribution >= 0.6 is 0 Å². The Kier molecular flexibility index (Phi) is 7.77. The number of hydrogen-bond donors (Lipinski definition) is 0. The maximum Gasteiger partial charge on any atom is 0.410 e. The third-order valence-electron chi connectivity index (χ3n) is 6.20. The van der Waals surface area contributed by atoms with Crippen molar-refractivity contribution in [3.63, 3.8) is 0 Å². The summed E-state index contributed by atoms with van der Waals surface area (Å²) in [6.07, 6.45) is 2.91. The first-order valence-electron chi connectivity index (χ1n) is 11.3. The topological polar surface area (TPSA) is 68.3 Å². The molecule has 1 saturated heterocycles. The predicted octanol–water partition coefficient (Wildman–Crippen LogP) is 4.26. The van der Waals surface area contributed by atoms with Crippen molar-refractivity contribution in [2.24, 2.45) is 17.8 Å². The lowest BCUT2D eigenvalue weighted by Crippen LogP contribution is -2.42. The minimum Gasteiger partial charge on any atom is -0.444 e. The molecule has 1 aromatic rings. The van der Waals surface area contributed by atoms with Crippen molar-refractivity contribution in [3.05, 3.63) is 35.1 Å². The molecule has 2 fully saturated rings. The zero-order valence-electron chi connectivity index (χ0n) is 19.7. The number of ether oxygens (including phenoxy) is 2. The number of hydrogen-bond acceptors (Lipinski definition) is 5. The third-order valence-corrected chi connectivity index (χ3v) is 6.20. The van der Waals surface area contributed by atoms with Gasteiger partial charge < -0.3 is 14.4 Å². The molecule has 0 aromatic heterocycles. The number of piperidine rings is 1. The van der Waals surface area contributed by atoms with E-state index in [1.165, 1.54) is 26.3 Å². The SMILES string of the molecule is CON(C)C(=O)c1ccc(COC[C@@H]2CC2C2CCN(C(=O)OC(C)(C)C)CC2)cc1F. The second-order valence-corrected chi connectivity index (χ2v) is 9.78. The summed E-state index contributed by atoms with van der Waals surface area (Å²) in [5, 5.41) is 0.986. The van der Waals surface area contributed by atoms with Crippen LogP contribution in [-0.4, -0.2) is 61.4 Å². The van der Waals surface area contributed by atoms with Gasteiger partial charge in [-0.25, -0.2) is 14.2 Å². The van der Waals surface area contributed by atoms with Gasteiger partial charge in [0.25, 0.3) is 5.91 Å². The van der Waals surface area contributed by atoms with E-state index in [9.17, 15) is 14.0 Å². The molecule has 2 aliphatic rings. The van der Waals surface area contributed by atoms with Crippen LogP contribution < -0.4 is 0 Å². The van der Waals surface area contributed by atoms with Gasteiger partial charge in [-0.2, -0.15) is 0 Å². The Morgan fingerprint density at radius 1 is 1.22 bits per heavy atom. The fraction of sp³-hybridized carbons (Fsp3) is 0.667. The Morgan fingerprint density at radius 2 is 1.91 bits per heavy atom. The number of halogens is 1. The van der Waals surface area contributed by atoms with E-state index in [-0.39, 0.29) is 11.7 Å². The van der Waals surface area contributed by atoms with E-state index >= 15 is 0 Å². The van der Waals surface area contributed by atoms with Crippen LogP contribution in [0.15, 0.2) is 18.2 Å². The molecule has 1 aromatic carbocycles. The third kappa shape index (κ3) is 6.42. The molecule has 1 aliphatic carbocycles. The fourth-order valence-electron chi connectivity index (χ4n) is 4.28. The molecule has 3 rings (SSSR count). The fourth-order valence-corrected chi connectivity index (χ4v) is 4.28. The quantitative estimate of drug-likeness (QED) is 0.581. The van der Waals surface area contributed by atoms with Crippen molar-refractivity contribution < 1.29 is 28.3 Å². The molecule has 2 atom stereocenters. The van der Waals surface area contributed by atoms with Crippen molar-refractivity contribution in [3.8, 4) is 0 Å². The molecular weight excluding hydrogens is 415 g/mol. The van der Waals surface area contributed by atoms with Gasteiger partial charge in [0.2, 0.25) is 0 Å². The number of amides is 2. The highest BCUT2D eigenvalue weighted by Gasteiger charge is 2.44. The highest BCUT2D eigenvalue weighted by molar-refractivity contribution is 5.93. The van der Waals surface area contributed by atoms with Crippen LogP contribution in [0.2, 0.25) is 0 Å². The zero-order valence-corrected chi connectivity index (χ0v) is 19.7. The van der Waals surface area contributed by atoms with E-state index in [4.69, 9.17) is 14.3 Å². The lowest BCUT2D eigenvalue weighted by Gasteiger charge is -2.33. The molecule has 2 amide bonds. The predicted molar refractivity (Wildman–Crippen MR) is 117 cm³/mol. The van der Waals surface area contributed by atoms with Crippen molar-refractivity contribution >= 4 is 12.0 Å². The van der Waals surface area contributed by atoms with E-state index in [1.54, 1.807) is 6.07 Å². The van der Waals surface area contributed by atoms with Gasteiger partial charge in [0.1, 0.15) is 11.4 Å². The average molecular weight is 451 g/mol. The second-order valence-electron chi connectivity index (χ2n) is 9.78. The molecular formula is C24H35FN2O5. The summed E-state index contributed by atoms with van der Waals surface area (Å²) in [6, 6.07) is 4.51. The first kappa shape index (κ1) is 24.5. The normalized spacial score (nSPS) is 21.4. The van der Waals surface area contributed by atoms with Gasteiger partial charge in [0.15, 0.2) is 0 Å². The van der Waals surface area contributed by atoms with Crippen molar-refractivity contribution in [1.82, 2.24) is 9.96 Å². The Morgan fingerprint density at radius 3 is 2.50 bits per heavy atom. The van der Waals surface area contributed by atoms with Gasteiger partial charge in [-0.3, -0.25) is 9.63 Å². The molecule has 0 radical (unpaired) electrons. The molecule has 1 aliphatic heterocycles. The van der Waals surface area contributed by atoms with Crippen LogP contribution in [0.1, 0.15) is 56.0 Å². The maximum absolute atomic E-state index is 14.3. The summed E-state index contributed by atoms with van der Waals surface area (Å²) in [6.45, 7) is 8.09. The smallest absolute Gasteiger partial charge is 0.410 e. The molecule has 32 heavy (non-hydrogen) atoms. The molecule has 1 saturated carbocycles. The minimum atomic E-state index is -0.582. The number of carbonyl (C=O) groups is 2. The zero-order chi connectivity index (χ0) is 23.5. The van der Waals surface area contributed by atoms with Gasteiger partial charge in [0, 0.05) is 20.1 Å². The largest absolute Gasteiger partial charge is 0.444 e. The Hall–Kier alpha value is -2.19. The first-order chi connectivity index (χ1) is 15.1. The lowest BCUT2D eigenvalue weighted by molar-refractivity contribution is -0.0759. The Balaban J connectivity index is 1.38. The highest BCUT2D eigenvalue weighted by atomic mass is 19.1. The van der Waals surface area contributed by atoms with Crippen LogP contribution in [-0.2, 0) is 20.9 Å². The summed E-state index contributed by atoms with van der Waals surface area (Å²) in [7, 11) is 2.79. The molecule has 8 heteroatoms. The van der Waals surface area contributed by atoms with Crippen molar-refractivity contribution in [2.45, 2.75) is 52.2 Å². The highest BCUT2D eigenvalue weighted by Crippen LogP contribution is 2.48. The van der Waals surface area contributed by atoms with Gasteiger partial charge in [-0.15, -0.1) is 0 Å². The molecule has 0 N–H and O–H groups in total. The van der Waals surface area contributed by atoms with Gasteiger partial charge >= 0.3 is 6.09 Å². The molecule has 7 nitrogen and oxygen atoms in total. The molecule has 0 spiro atoms.